The molecule has 1 aromatic heterocycles. The lowest BCUT2D eigenvalue weighted by molar-refractivity contribution is -0.153. The second-order valence-corrected chi connectivity index (χ2v) is 10.4. The number of halogens is 1. The van der Waals surface area contributed by atoms with E-state index < -0.39 is 35.7 Å². The first-order valence-electron chi connectivity index (χ1n) is 11.9. The average molecular weight is 488 g/mol. The van der Waals surface area contributed by atoms with Gasteiger partial charge in [0.2, 0.25) is 0 Å². The molecule has 2 aliphatic carbocycles. The summed E-state index contributed by atoms with van der Waals surface area (Å²) < 4.78 is 24.7. The maximum Gasteiger partial charge on any atom is 0.341 e. The van der Waals surface area contributed by atoms with Gasteiger partial charge < -0.3 is 14.8 Å². The molecule has 4 rings (SSSR count). The van der Waals surface area contributed by atoms with Crippen molar-refractivity contribution in [1.29, 1.82) is 0 Å². The number of benzene rings is 1. The lowest BCUT2D eigenvalue weighted by Gasteiger charge is -2.27. The molecule has 1 N–H and O–H groups in total. The Kier molecular flexibility index (Phi) is 7.36. The van der Waals surface area contributed by atoms with Gasteiger partial charge in [0, 0.05) is 4.88 Å². The van der Waals surface area contributed by atoms with E-state index in [1.54, 1.807) is 26.0 Å². The van der Waals surface area contributed by atoms with Gasteiger partial charge in [-0.05, 0) is 75.6 Å². The summed E-state index contributed by atoms with van der Waals surface area (Å²) in [7, 11) is 0. The quantitative estimate of drug-likeness (QED) is 0.534. The molecular formula is C26H30FNO5S. The van der Waals surface area contributed by atoms with Crippen LogP contribution in [0.4, 0.5) is 9.39 Å². The van der Waals surface area contributed by atoms with Crippen LogP contribution in [0.25, 0.3) is 0 Å². The van der Waals surface area contributed by atoms with Gasteiger partial charge in [-0.2, -0.15) is 0 Å². The Hall–Kier alpha value is -2.74. The highest BCUT2D eigenvalue weighted by atomic mass is 32.1. The fraction of sp³-hybridized carbons (Fsp3) is 0.500. The van der Waals surface area contributed by atoms with Gasteiger partial charge >= 0.3 is 11.9 Å². The van der Waals surface area contributed by atoms with E-state index in [-0.39, 0.29) is 6.10 Å². The number of thiophene rings is 1. The SMILES string of the molecule is CC(C)OC(=O)c1c(NC(=O)COC(=O)C2(c3cccc(F)c3)CCCC2)sc2c1CCCC2. The molecular weight excluding hydrogens is 457 g/mol. The standard InChI is InChI=1S/C26H30FNO5S/c1-16(2)33-24(30)22-19-10-3-4-11-20(19)34-23(22)28-21(29)15-32-25(31)26(12-5-6-13-26)17-8-7-9-18(27)14-17/h7-9,14,16H,3-6,10-13,15H2,1-2H3,(H,28,29). The summed E-state index contributed by atoms with van der Waals surface area (Å²) in [5.41, 5.74) is 1.02. The fourth-order valence-electron chi connectivity index (χ4n) is 4.95. The van der Waals surface area contributed by atoms with Crippen LogP contribution in [-0.4, -0.2) is 30.6 Å². The van der Waals surface area contributed by atoms with Crippen molar-refractivity contribution in [2.75, 3.05) is 11.9 Å². The molecule has 34 heavy (non-hydrogen) atoms. The molecule has 0 bridgehead atoms. The largest absolute Gasteiger partial charge is 0.459 e. The number of hydrogen-bond acceptors (Lipinski definition) is 6. The topological polar surface area (TPSA) is 81.7 Å². The summed E-state index contributed by atoms with van der Waals surface area (Å²) in [5.74, 6) is -1.89. The van der Waals surface area contributed by atoms with Crippen molar-refractivity contribution in [3.05, 3.63) is 51.7 Å². The molecule has 0 spiro atoms. The molecule has 1 amide bonds. The summed E-state index contributed by atoms with van der Waals surface area (Å²) in [4.78, 5) is 39.7. The van der Waals surface area contributed by atoms with Gasteiger partial charge in [-0.3, -0.25) is 9.59 Å². The Morgan fingerprint density at radius 1 is 1.12 bits per heavy atom. The highest BCUT2D eigenvalue weighted by molar-refractivity contribution is 7.17. The van der Waals surface area contributed by atoms with E-state index in [4.69, 9.17) is 9.47 Å². The molecule has 0 aliphatic heterocycles. The summed E-state index contributed by atoms with van der Waals surface area (Å²) in [5, 5.41) is 3.21. The van der Waals surface area contributed by atoms with Crippen LogP contribution in [0.1, 0.15) is 78.7 Å². The molecule has 1 heterocycles. The Morgan fingerprint density at radius 2 is 1.85 bits per heavy atom. The third-order valence-corrected chi connectivity index (χ3v) is 7.74. The van der Waals surface area contributed by atoms with Gasteiger partial charge in [0.15, 0.2) is 6.61 Å². The molecule has 0 saturated heterocycles. The van der Waals surface area contributed by atoms with E-state index in [0.717, 1.165) is 49.0 Å². The second-order valence-electron chi connectivity index (χ2n) is 9.29. The molecule has 8 heteroatoms. The Morgan fingerprint density at radius 3 is 2.56 bits per heavy atom. The minimum Gasteiger partial charge on any atom is -0.459 e. The number of rotatable bonds is 7. The highest BCUT2D eigenvalue weighted by Crippen LogP contribution is 2.42. The smallest absolute Gasteiger partial charge is 0.341 e. The number of nitrogens with one attached hydrogen (secondary N) is 1. The van der Waals surface area contributed by atoms with Gasteiger partial charge in [0.25, 0.3) is 5.91 Å². The predicted molar refractivity (Wildman–Crippen MR) is 128 cm³/mol. The first-order valence-corrected chi connectivity index (χ1v) is 12.7. The molecule has 0 radical (unpaired) electrons. The van der Waals surface area contributed by atoms with Crippen molar-refractivity contribution in [2.24, 2.45) is 0 Å². The summed E-state index contributed by atoms with van der Waals surface area (Å²) in [6.07, 6.45) is 6.16. The zero-order valence-electron chi connectivity index (χ0n) is 19.6. The van der Waals surface area contributed by atoms with E-state index in [1.807, 2.05) is 0 Å². The Balaban J connectivity index is 1.47. The first-order chi connectivity index (χ1) is 16.3. The van der Waals surface area contributed by atoms with Gasteiger partial charge in [0.05, 0.1) is 17.1 Å². The molecule has 0 unspecified atom stereocenters. The Bertz CT molecular complexity index is 1090. The predicted octanol–water partition coefficient (Wildman–Crippen LogP) is 5.32. The van der Waals surface area contributed by atoms with Crippen LogP contribution >= 0.6 is 11.3 Å². The number of aryl methyl sites for hydroxylation is 1. The van der Waals surface area contributed by atoms with Crippen molar-refractivity contribution < 1.29 is 28.2 Å². The van der Waals surface area contributed by atoms with Crippen LogP contribution in [0.3, 0.4) is 0 Å². The van der Waals surface area contributed by atoms with Gasteiger partial charge in [-0.15, -0.1) is 11.3 Å². The summed E-state index contributed by atoms with van der Waals surface area (Å²) in [6, 6.07) is 6.03. The minimum atomic E-state index is -0.934. The average Bonchev–Trinajstić information content (AvgIpc) is 3.42. The maximum absolute atomic E-state index is 13.8. The molecule has 1 fully saturated rings. The van der Waals surface area contributed by atoms with Gasteiger partial charge in [-0.25, -0.2) is 9.18 Å². The van der Waals surface area contributed by atoms with Crippen LogP contribution in [0.5, 0.6) is 0 Å². The van der Waals surface area contributed by atoms with Crippen molar-refractivity contribution in [1.82, 2.24) is 0 Å². The zero-order valence-corrected chi connectivity index (χ0v) is 20.4. The van der Waals surface area contributed by atoms with Gasteiger partial charge in [-0.1, -0.05) is 25.0 Å². The fourth-order valence-corrected chi connectivity index (χ4v) is 6.24. The van der Waals surface area contributed by atoms with Crippen LogP contribution in [0.2, 0.25) is 0 Å². The zero-order chi connectivity index (χ0) is 24.3. The second kappa shape index (κ2) is 10.3. The molecule has 1 aromatic carbocycles. The van der Waals surface area contributed by atoms with E-state index >= 15 is 0 Å². The number of amides is 1. The number of fused-ring (bicyclic) bond motifs is 1. The number of ether oxygens (including phenoxy) is 2. The number of carbonyl (C=O) groups is 3. The van der Waals surface area contributed by atoms with Crippen LogP contribution in [-0.2, 0) is 37.3 Å². The molecule has 2 aromatic rings. The first kappa shape index (κ1) is 24.4. The summed E-state index contributed by atoms with van der Waals surface area (Å²) in [6.45, 7) is 3.09. The van der Waals surface area contributed by atoms with Crippen molar-refractivity contribution >= 4 is 34.2 Å². The van der Waals surface area contributed by atoms with Crippen molar-refractivity contribution in [2.45, 2.75) is 76.7 Å². The molecule has 2 aliphatic rings. The van der Waals surface area contributed by atoms with E-state index in [9.17, 15) is 18.8 Å². The van der Waals surface area contributed by atoms with Crippen LogP contribution in [0.15, 0.2) is 24.3 Å². The number of hydrogen-bond donors (Lipinski definition) is 1. The monoisotopic (exact) mass is 487 g/mol. The van der Waals surface area contributed by atoms with Crippen molar-refractivity contribution in [3.63, 3.8) is 0 Å². The number of carbonyl (C=O) groups excluding carboxylic acids is 3. The minimum absolute atomic E-state index is 0.276. The maximum atomic E-state index is 13.8. The van der Waals surface area contributed by atoms with Crippen molar-refractivity contribution in [3.8, 4) is 0 Å². The van der Waals surface area contributed by atoms with Crippen LogP contribution in [0, 0.1) is 5.82 Å². The lowest BCUT2D eigenvalue weighted by atomic mass is 9.79. The van der Waals surface area contributed by atoms with E-state index in [2.05, 4.69) is 5.32 Å². The molecule has 0 atom stereocenters. The third kappa shape index (κ3) is 5.02. The van der Waals surface area contributed by atoms with E-state index in [0.29, 0.717) is 29.0 Å². The number of esters is 2. The lowest BCUT2D eigenvalue weighted by Crippen LogP contribution is -2.36. The Labute approximate surface area is 202 Å². The highest BCUT2D eigenvalue weighted by Gasteiger charge is 2.44. The van der Waals surface area contributed by atoms with Crippen LogP contribution < -0.4 is 5.32 Å². The summed E-state index contributed by atoms with van der Waals surface area (Å²) >= 11 is 1.39. The molecule has 1 saturated carbocycles. The molecule has 6 nitrogen and oxygen atoms in total. The van der Waals surface area contributed by atoms with Gasteiger partial charge in [0.1, 0.15) is 10.8 Å². The normalized spacial score (nSPS) is 16.7. The van der Waals surface area contributed by atoms with E-state index in [1.165, 1.54) is 23.5 Å². The number of anilines is 1. The third-order valence-electron chi connectivity index (χ3n) is 6.53. The molecule has 182 valence electrons.